The minimum atomic E-state index is 0.401. The highest BCUT2D eigenvalue weighted by Gasteiger charge is 2.14. The van der Waals surface area contributed by atoms with E-state index < -0.39 is 0 Å². The zero-order valence-corrected chi connectivity index (χ0v) is 12.8. The number of nitrogens with zero attached hydrogens (tertiary/aromatic N) is 2. The van der Waals surface area contributed by atoms with E-state index in [9.17, 15) is 0 Å². The fraction of sp³-hybridized carbons (Fsp3) is 0.231. The predicted octanol–water partition coefficient (Wildman–Crippen LogP) is 3.31. The molecule has 0 bridgehead atoms. The number of rotatable bonds is 5. The number of nitrogens with one attached hydrogen (secondary N) is 1. The summed E-state index contributed by atoms with van der Waals surface area (Å²) in [4.78, 5) is 8.26. The fourth-order valence-corrected chi connectivity index (χ4v) is 2.04. The minimum Gasteiger partial charge on any atom is -0.489 e. The second-order valence-electron chi connectivity index (χ2n) is 3.62. The van der Waals surface area contributed by atoms with Gasteiger partial charge in [0.05, 0.1) is 10.7 Å². The Morgan fingerprint density at radius 1 is 1.26 bits per heavy atom. The number of ether oxygens (including phenoxy) is 2. The summed E-state index contributed by atoms with van der Waals surface area (Å²) in [5.74, 6) is 2.27. The molecule has 1 aromatic carbocycles. The van der Waals surface area contributed by atoms with Crippen LogP contribution in [0.25, 0.3) is 0 Å². The van der Waals surface area contributed by atoms with Crippen LogP contribution in [-0.2, 0) is 0 Å². The van der Waals surface area contributed by atoms with Gasteiger partial charge in [-0.05, 0) is 41.6 Å². The fourth-order valence-electron chi connectivity index (χ4n) is 1.54. The average Bonchev–Trinajstić information content (AvgIpc) is 2.42. The Balaban J connectivity index is 2.35. The molecule has 0 atom stereocenters. The van der Waals surface area contributed by atoms with Gasteiger partial charge in [0.25, 0.3) is 5.88 Å². The van der Waals surface area contributed by atoms with Crippen LogP contribution in [0.1, 0.15) is 6.92 Å². The van der Waals surface area contributed by atoms with Crippen LogP contribution in [-0.4, -0.2) is 23.6 Å². The quantitative estimate of drug-likeness (QED) is 0.818. The van der Waals surface area contributed by atoms with Gasteiger partial charge in [-0.1, -0.05) is 12.1 Å². The summed E-state index contributed by atoms with van der Waals surface area (Å²) >= 11 is 2.21. The molecule has 2 aromatic rings. The lowest BCUT2D eigenvalue weighted by Gasteiger charge is -2.13. The lowest BCUT2D eigenvalue weighted by Crippen LogP contribution is -2.04. The summed E-state index contributed by atoms with van der Waals surface area (Å²) in [6.07, 6.45) is 1.45. The molecule has 0 saturated heterocycles. The summed E-state index contributed by atoms with van der Waals surface area (Å²) in [5.41, 5.74) is 0. The van der Waals surface area contributed by atoms with Gasteiger partial charge in [0.2, 0.25) is 5.75 Å². The largest absolute Gasteiger partial charge is 0.489 e. The van der Waals surface area contributed by atoms with Crippen LogP contribution in [0.15, 0.2) is 30.6 Å². The second-order valence-corrected chi connectivity index (χ2v) is 4.79. The molecule has 1 N–H and O–H groups in total. The van der Waals surface area contributed by atoms with Gasteiger partial charge < -0.3 is 14.8 Å². The highest BCUT2D eigenvalue weighted by Crippen LogP contribution is 2.35. The second kappa shape index (κ2) is 6.55. The van der Waals surface area contributed by atoms with E-state index in [1.807, 2.05) is 31.2 Å². The molecule has 0 fully saturated rings. The number of halogens is 1. The van der Waals surface area contributed by atoms with E-state index in [1.165, 1.54) is 6.33 Å². The van der Waals surface area contributed by atoms with Crippen molar-refractivity contribution in [1.29, 1.82) is 0 Å². The van der Waals surface area contributed by atoms with Crippen LogP contribution < -0.4 is 14.8 Å². The molecule has 0 aliphatic rings. The van der Waals surface area contributed by atoms with Crippen LogP contribution in [0, 0.1) is 3.57 Å². The van der Waals surface area contributed by atoms with Gasteiger partial charge in [-0.25, -0.2) is 4.98 Å². The third-order valence-corrected chi connectivity index (χ3v) is 3.25. The summed E-state index contributed by atoms with van der Waals surface area (Å²) in [7, 11) is 1.57. The number of hydrogen-bond acceptors (Lipinski definition) is 5. The topological polar surface area (TPSA) is 56.3 Å². The molecule has 6 heteroatoms. The molecule has 1 aromatic heterocycles. The van der Waals surface area contributed by atoms with Gasteiger partial charge in [-0.2, -0.15) is 4.98 Å². The van der Waals surface area contributed by atoms with Crippen molar-refractivity contribution >= 4 is 28.4 Å². The lowest BCUT2D eigenvalue weighted by molar-refractivity contribution is 0.368. The first-order chi connectivity index (χ1) is 9.26. The molecule has 1 heterocycles. The van der Waals surface area contributed by atoms with E-state index in [0.717, 1.165) is 15.9 Å². The standard InChI is InChI=1S/C13H14IN3O2/c1-3-15-12-11(18-2)13(17-8-16-12)19-10-7-5-4-6-9(10)14/h4-8H,3H2,1-2H3,(H,15,16,17). The number of hydrogen-bond donors (Lipinski definition) is 1. The van der Waals surface area contributed by atoms with Crippen LogP contribution in [0.5, 0.6) is 17.4 Å². The van der Waals surface area contributed by atoms with Crippen molar-refractivity contribution in [3.05, 3.63) is 34.2 Å². The molecular weight excluding hydrogens is 357 g/mol. The number of aromatic nitrogens is 2. The normalized spacial score (nSPS) is 10.1. The van der Waals surface area contributed by atoms with E-state index in [0.29, 0.717) is 17.4 Å². The van der Waals surface area contributed by atoms with E-state index >= 15 is 0 Å². The van der Waals surface area contributed by atoms with Crippen LogP contribution in [0.2, 0.25) is 0 Å². The molecular formula is C13H14IN3O2. The first-order valence-electron chi connectivity index (χ1n) is 5.81. The number of methoxy groups -OCH3 is 1. The van der Waals surface area contributed by atoms with Gasteiger partial charge in [-0.15, -0.1) is 0 Å². The van der Waals surface area contributed by atoms with Crippen molar-refractivity contribution < 1.29 is 9.47 Å². The molecule has 0 aliphatic heterocycles. The summed E-state index contributed by atoms with van der Waals surface area (Å²) < 4.78 is 12.1. The van der Waals surface area contributed by atoms with E-state index in [2.05, 4.69) is 37.9 Å². The van der Waals surface area contributed by atoms with E-state index in [4.69, 9.17) is 9.47 Å². The van der Waals surface area contributed by atoms with Gasteiger partial charge in [0.1, 0.15) is 12.1 Å². The molecule has 0 unspecified atom stereocenters. The van der Waals surface area contributed by atoms with Crippen molar-refractivity contribution in [2.45, 2.75) is 6.92 Å². The Hall–Kier alpha value is -1.57. The van der Waals surface area contributed by atoms with Crippen molar-refractivity contribution in [2.24, 2.45) is 0 Å². The summed E-state index contributed by atoms with van der Waals surface area (Å²) in [6, 6.07) is 7.72. The van der Waals surface area contributed by atoms with Crippen molar-refractivity contribution in [1.82, 2.24) is 9.97 Å². The van der Waals surface area contributed by atoms with Gasteiger partial charge in [0, 0.05) is 6.54 Å². The van der Waals surface area contributed by atoms with E-state index in [-0.39, 0.29) is 0 Å². The third-order valence-electron chi connectivity index (χ3n) is 2.36. The highest BCUT2D eigenvalue weighted by atomic mass is 127. The van der Waals surface area contributed by atoms with Crippen LogP contribution in [0.3, 0.4) is 0 Å². The third kappa shape index (κ3) is 3.25. The Morgan fingerprint density at radius 2 is 2.05 bits per heavy atom. The predicted molar refractivity (Wildman–Crippen MR) is 82.0 cm³/mol. The first kappa shape index (κ1) is 13.9. The Morgan fingerprint density at radius 3 is 2.74 bits per heavy atom. The first-order valence-corrected chi connectivity index (χ1v) is 6.89. The zero-order valence-electron chi connectivity index (χ0n) is 10.7. The molecule has 5 nitrogen and oxygen atoms in total. The Kier molecular flexibility index (Phi) is 4.78. The maximum Gasteiger partial charge on any atom is 0.268 e. The number of benzene rings is 1. The van der Waals surface area contributed by atoms with E-state index in [1.54, 1.807) is 7.11 Å². The monoisotopic (exact) mass is 371 g/mol. The number of anilines is 1. The average molecular weight is 371 g/mol. The maximum absolute atomic E-state index is 5.79. The van der Waals surface area contributed by atoms with Crippen LogP contribution >= 0.6 is 22.6 Å². The highest BCUT2D eigenvalue weighted by molar-refractivity contribution is 14.1. The number of para-hydroxylation sites is 1. The van der Waals surface area contributed by atoms with Crippen LogP contribution in [0.4, 0.5) is 5.82 Å². The van der Waals surface area contributed by atoms with Gasteiger partial charge in [0.15, 0.2) is 5.82 Å². The zero-order chi connectivity index (χ0) is 13.7. The molecule has 0 amide bonds. The molecule has 100 valence electrons. The molecule has 0 spiro atoms. The molecule has 19 heavy (non-hydrogen) atoms. The van der Waals surface area contributed by atoms with Gasteiger partial charge in [-0.3, -0.25) is 0 Å². The molecule has 2 rings (SSSR count). The SMILES string of the molecule is CCNc1ncnc(Oc2ccccc2I)c1OC. The van der Waals surface area contributed by atoms with Crippen molar-refractivity contribution in [2.75, 3.05) is 19.0 Å². The summed E-state index contributed by atoms with van der Waals surface area (Å²) in [5, 5.41) is 3.11. The van der Waals surface area contributed by atoms with Crippen molar-refractivity contribution in [3.63, 3.8) is 0 Å². The summed E-state index contributed by atoms with van der Waals surface area (Å²) in [6.45, 7) is 2.73. The minimum absolute atomic E-state index is 0.401. The Bertz CT molecular complexity index is 563. The molecule has 0 saturated carbocycles. The van der Waals surface area contributed by atoms with Gasteiger partial charge >= 0.3 is 0 Å². The lowest BCUT2D eigenvalue weighted by atomic mass is 10.3. The molecule has 0 radical (unpaired) electrons. The Labute approximate surface area is 125 Å². The smallest absolute Gasteiger partial charge is 0.268 e. The maximum atomic E-state index is 5.79. The van der Waals surface area contributed by atoms with Crippen molar-refractivity contribution in [3.8, 4) is 17.4 Å². The molecule has 0 aliphatic carbocycles.